The highest BCUT2D eigenvalue weighted by Gasteiger charge is 2.19. The number of carboxylic acid groups (broad SMARTS) is 1. The first-order valence-corrected chi connectivity index (χ1v) is 8.35. The van der Waals surface area contributed by atoms with Gasteiger partial charge in [-0.25, -0.2) is 13.2 Å². The fraction of sp³-hybridized carbons (Fsp3) is 0.0769. The lowest BCUT2D eigenvalue weighted by molar-refractivity contribution is 0.0695. The number of nitrogens with one attached hydrogen (secondary N) is 1. The number of halogens is 1. The average molecular weight is 418 g/mol. The Balaban J connectivity index is 2.43. The van der Waals surface area contributed by atoms with Gasteiger partial charge in [0.2, 0.25) is 0 Å². The molecule has 0 saturated heterocycles. The Kier molecular flexibility index (Phi) is 4.47. The molecule has 0 bridgehead atoms. The van der Waals surface area contributed by atoms with E-state index in [-0.39, 0.29) is 10.5 Å². The molecule has 21 heavy (non-hydrogen) atoms. The van der Waals surface area contributed by atoms with Crippen LogP contribution in [0.25, 0.3) is 0 Å². The quantitative estimate of drug-likeness (QED) is 0.744. The molecule has 0 aliphatic heterocycles. The van der Waals surface area contributed by atoms with E-state index in [0.29, 0.717) is 15.0 Å². The molecule has 0 aliphatic carbocycles. The molecule has 6 nitrogen and oxygen atoms in total. The van der Waals surface area contributed by atoms with Gasteiger partial charge in [-0.05, 0) is 59.8 Å². The molecule has 2 N–H and O–H groups in total. The smallest absolute Gasteiger partial charge is 0.336 e. The van der Waals surface area contributed by atoms with E-state index in [9.17, 15) is 13.2 Å². The largest absolute Gasteiger partial charge is 0.478 e. The van der Waals surface area contributed by atoms with Crippen molar-refractivity contribution in [3.63, 3.8) is 0 Å². The first-order chi connectivity index (χ1) is 9.81. The zero-order chi connectivity index (χ0) is 15.6. The maximum absolute atomic E-state index is 12.3. The summed E-state index contributed by atoms with van der Waals surface area (Å²) in [6.45, 7) is 1.68. The maximum atomic E-state index is 12.3. The molecule has 1 heterocycles. The third-order valence-electron chi connectivity index (χ3n) is 2.73. The molecule has 0 radical (unpaired) electrons. The number of benzene rings is 1. The van der Waals surface area contributed by atoms with Gasteiger partial charge in [-0.1, -0.05) is 0 Å². The van der Waals surface area contributed by atoms with Gasteiger partial charge < -0.3 is 5.11 Å². The van der Waals surface area contributed by atoms with Crippen molar-refractivity contribution >= 4 is 44.3 Å². The molecule has 0 amide bonds. The zero-order valence-electron chi connectivity index (χ0n) is 10.9. The Morgan fingerprint density at radius 2 is 2.05 bits per heavy atom. The van der Waals surface area contributed by atoms with E-state index < -0.39 is 16.0 Å². The lowest BCUT2D eigenvalue weighted by atomic mass is 10.2. The summed E-state index contributed by atoms with van der Waals surface area (Å²) in [6, 6.07) is 7.15. The topological polar surface area (TPSA) is 96.4 Å². The maximum Gasteiger partial charge on any atom is 0.336 e. The molecule has 8 heteroatoms. The molecule has 0 saturated carbocycles. The van der Waals surface area contributed by atoms with Crippen molar-refractivity contribution in [2.24, 2.45) is 0 Å². The number of pyridine rings is 1. The van der Waals surface area contributed by atoms with Crippen LogP contribution < -0.4 is 4.72 Å². The Bertz CT molecular complexity index is 806. The van der Waals surface area contributed by atoms with Crippen LogP contribution in [0.2, 0.25) is 0 Å². The van der Waals surface area contributed by atoms with Crippen LogP contribution in [0.5, 0.6) is 0 Å². The van der Waals surface area contributed by atoms with Crippen molar-refractivity contribution in [3.8, 4) is 0 Å². The summed E-state index contributed by atoms with van der Waals surface area (Å²) in [5, 5.41) is 9.06. The Morgan fingerprint density at radius 1 is 1.33 bits per heavy atom. The highest BCUT2D eigenvalue weighted by Crippen LogP contribution is 2.21. The van der Waals surface area contributed by atoms with Crippen molar-refractivity contribution in [2.45, 2.75) is 11.8 Å². The van der Waals surface area contributed by atoms with Gasteiger partial charge in [-0.3, -0.25) is 9.71 Å². The van der Waals surface area contributed by atoms with Crippen LogP contribution in [0.3, 0.4) is 0 Å². The number of carboxylic acids is 1. The van der Waals surface area contributed by atoms with Crippen LogP contribution in [0, 0.1) is 10.5 Å². The fourth-order valence-corrected chi connectivity index (χ4v) is 3.34. The first kappa shape index (κ1) is 15.7. The second-order valence-corrected chi connectivity index (χ2v) is 7.03. The van der Waals surface area contributed by atoms with Crippen molar-refractivity contribution < 1.29 is 18.3 Å². The monoisotopic (exact) mass is 418 g/mol. The number of aromatic nitrogens is 1. The predicted molar refractivity (Wildman–Crippen MR) is 85.9 cm³/mol. The second-order valence-electron chi connectivity index (χ2n) is 4.19. The summed E-state index contributed by atoms with van der Waals surface area (Å²) in [7, 11) is -3.87. The molecule has 1 aromatic carbocycles. The van der Waals surface area contributed by atoms with Crippen LogP contribution in [-0.4, -0.2) is 24.5 Å². The predicted octanol–water partition coefficient (Wildman–Crippen LogP) is 2.49. The molecule has 110 valence electrons. The van der Waals surface area contributed by atoms with Crippen molar-refractivity contribution in [1.29, 1.82) is 0 Å². The number of nitrogens with zero attached hydrogens (tertiary/aromatic N) is 1. The van der Waals surface area contributed by atoms with E-state index in [0.717, 1.165) is 6.07 Å². The molecule has 0 spiro atoms. The minimum atomic E-state index is -3.87. The molecular weight excluding hydrogens is 407 g/mol. The Labute approximate surface area is 135 Å². The molecule has 2 rings (SSSR count). The lowest BCUT2D eigenvalue weighted by Gasteiger charge is -2.10. The average Bonchev–Trinajstić information content (AvgIpc) is 2.41. The molecule has 0 atom stereocenters. The summed E-state index contributed by atoms with van der Waals surface area (Å²) in [6.07, 6.45) is 1.56. The number of anilines is 1. The van der Waals surface area contributed by atoms with Crippen LogP contribution in [-0.2, 0) is 10.0 Å². The number of hydrogen-bond donors (Lipinski definition) is 2. The number of aromatic carboxylic acids is 1. The van der Waals surface area contributed by atoms with Crippen LogP contribution in [0.1, 0.15) is 16.1 Å². The Hall–Kier alpha value is -1.68. The summed E-state index contributed by atoms with van der Waals surface area (Å²) < 4.78 is 27.5. The van der Waals surface area contributed by atoms with E-state index in [1.165, 1.54) is 12.1 Å². The zero-order valence-corrected chi connectivity index (χ0v) is 13.8. The summed E-state index contributed by atoms with van der Waals surface area (Å²) in [5.74, 6) is -1.17. The minimum Gasteiger partial charge on any atom is -0.478 e. The van der Waals surface area contributed by atoms with Crippen LogP contribution in [0.15, 0.2) is 41.4 Å². The van der Waals surface area contributed by atoms with Crippen LogP contribution >= 0.6 is 22.6 Å². The highest BCUT2D eigenvalue weighted by molar-refractivity contribution is 14.1. The van der Waals surface area contributed by atoms with E-state index in [1.807, 2.05) is 22.6 Å². The molecule has 0 unspecified atom stereocenters. The van der Waals surface area contributed by atoms with Gasteiger partial charge in [0.15, 0.2) is 0 Å². The lowest BCUT2D eigenvalue weighted by Crippen LogP contribution is -2.15. The molecular formula is C13H11IN2O4S. The highest BCUT2D eigenvalue weighted by atomic mass is 127. The van der Waals surface area contributed by atoms with Gasteiger partial charge in [-0.2, -0.15) is 0 Å². The summed E-state index contributed by atoms with van der Waals surface area (Å²) in [5.41, 5.74) is 0.833. The summed E-state index contributed by atoms with van der Waals surface area (Å²) in [4.78, 5) is 15.0. The van der Waals surface area contributed by atoms with Crippen molar-refractivity contribution in [3.05, 3.63) is 51.4 Å². The normalized spacial score (nSPS) is 11.1. The Morgan fingerprint density at radius 3 is 2.67 bits per heavy atom. The van der Waals surface area contributed by atoms with Crippen molar-refractivity contribution in [2.75, 3.05) is 4.72 Å². The van der Waals surface area contributed by atoms with Gasteiger partial charge in [0.05, 0.1) is 21.8 Å². The van der Waals surface area contributed by atoms with Crippen LogP contribution in [0.4, 0.5) is 5.69 Å². The van der Waals surface area contributed by atoms with Gasteiger partial charge in [0, 0.05) is 9.77 Å². The van der Waals surface area contributed by atoms with E-state index in [4.69, 9.17) is 5.11 Å². The van der Waals surface area contributed by atoms with E-state index in [1.54, 1.807) is 25.3 Å². The first-order valence-electron chi connectivity index (χ1n) is 5.78. The number of hydrogen-bond acceptors (Lipinski definition) is 4. The fourth-order valence-electron chi connectivity index (χ4n) is 1.63. The van der Waals surface area contributed by atoms with E-state index >= 15 is 0 Å². The van der Waals surface area contributed by atoms with Gasteiger partial charge in [0.25, 0.3) is 10.0 Å². The van der Waals surface area contributed by atoms with Gasteiger partial charge in [-0.15, -0.1) is 0 Å². The molecule has 2 aromatic rings. The number of aryl methyl sites for hydroxylation is 1. The third kappa shape index (κ3) is 3.50. The second kappa shape index (κ2) is 5.98. The van der Waals surface area contributed by atoms with Gasteiger partial charge >= 0.3 is 5.97 Å². The number of carbonyl (C=O) groups is 1. The minimum absolute atomic E-state index is 0.0543. The molecule has 1 aromatic heterocycles. The third-order valence-corrected chi connectivity index (χ3v) is 5.03. The standard InChI is InChI=1S/C13H11IN2O4S/c1-8-12(3-2-6-15-8)16-21(19,20)9-4-5-11(14)10(7-9)13(17)18/h2-7,16H,1H3,(H,17,18). The SMILES string of the molecule is Cc1ncccc1NS(=O)(=O)c1ccc(I)c(C(=O)O)c1. The number of rotatable bonds is 4. The van der Waals surface area contributed by atoms with Crippen molar-refractivity contribution in [1.82, 2.24) is 4.98 Å². The van der Waals surface area contributed by atoms with E-state index in [2.05, 4.69) is 9.71 Å². The molecule has 0 aliphatic rings. The van der Waals surface area contributed by atoms with Gasteiger partial charge in [0.1, 0.15) is 0 Å². The summed E-state index contributed by atoms with van der Waals surface area (Å²) >= 11 is 1.84. The number of sulfonamides is 1. The molecule has 0 fully saturated rings.